The smallest absolute Gasteiger partial charge is 0.362 e. The summed E-state index contributed by atoms with van der Waals surface area (Å²) in [6.45, 7) is 14.3. The molecular formula is C26H44NO4+. The van der Waals surface area contributed by atoms with Gasteiger partial charge in [0.2, 0.25) is 0 Å². The number of carbonyl (C=O) groups is 2. The van der Waals surface area contributed by atoms with Gasteiger partial charge in [-0.1, -0.05) is 41.5 Å². The minimum absolute atomic E-state index is 0.00285. The van der Waals surface area contributed by atoms with E-state index in [1.54, 1.807) is 0 Å². The van der Waals surface area contributed by atoms with Gasteiger partial charge in [-0.15, -0.1) is 0 Å². The van der Waals surface area contributed by atoms with Gasteiger partial charge in [0, 0.05) is 10.8 Å². The van der Waals surface area contributed by atoms with Crippen molar-refractivity contribution >= 4 is 11.9 Å². The number of hydrogen-bond donors (Lipinski definition) is 0. The Labute approximate surface area is 188 Å². The number of hydrogen-bond acceptors (Lipinski definition) is 4. The van der Waals surface area contributed by atoms with Gasteiger partial charge in [0.15, 0.2) is 13.1 Å². The van der Waals surface area contributed by atoms with Crippen LogP contribution in [0.5, 0.6) is 0 Å². The predicted molar refractivity (Wildman–Crippen MR) is 120 cm³/mol. The first-order chi connectivity index (χ1) is 14.1. The summed E-state index contributed by atoms with van der Waals surface area (Å²) in [7, 11) is 3.84. The molecule has 0 N–H and O–H groups in total. The molecule has 0 amide bonds. The summed E-state index contributed by atoms with van der Waals surface area (Å²) in [5.41, 5.74) is 0.564. The summed E-state index contributed by atoms with van der Waals surface area (Å²) < 4.78 is 12.3. The Hall–Kier alpha value is -1.10. The molecule has 0 unspecified atom stereocenters. The maximum absolute atomic E-state index is 12.8. The number of fused-ring (bicyclic) bond motifs is 4. The highest BCUT2D eigenvalue weighted by Crippen LogP contribution is 2.67. The van der Waals surface area contributed by atoms with Crippen LogP contribution < -0.4 is 0 Å². The number of rotatable bonds is 6. The lowest BCUT2D eigenvalue weighted by Gasteiger charge is -2.39. The van der Waals surface area contributed by atoms with E-state index in [0.29, 0.717) is 11.8 Å². The van der Waals surface area contributed by atoms with Gasteiger partial charge in [-0.2, -0.15) is 0 Å². The van der Waals surface area contributed by atoms with E-state index in [9.17, 15) is 9.59 Å². The van der Waals surface area contributed by atoms with Crippen molar-refractivity contribution in [2.24, 2.45) is 33.5 Å². The van der Waals surface area contributed by atoms with E-state index < -0.39 is 0 Å². The highest BCUT2D eigenvalue weighted by atomic mass is 16.6. The Morgan fingerprint density at radius 3 is 1.35 bits per heavy atom. The predicted octanol–water partition coefficient (Wildman–Crippen LogP) is 4.58. The summed E-state index contributed by atoms with van der Waals surface area (Å²) in [5, 5.41) is 0. The van der Waals surface area contributed by atoms with Crippen LogP contribution in [-0.4, -0.2) is 55.8 Å². The molecule has 0 spiro atoms. The van der Waals surface area contributed by atoms with Gasteiger partial charge in [0.05, 0.1) is 14.1 Å². The van der Waals surface area contributed by atoms with Crippen LogP contribution >= 0.6 is 0 Å². The number of esters is 2. The van der Waals surface area contributed by atoms with E-state index in [0.717, 1.165) is 25.7 Å². The number of ether oxygens (including phenoxy) is 2. The van der Waals surface area contributed by atoms with E-state index >= 15 is 0 Å². The molecular weight excluding hydrogens is 390 g/mol. The number of quaternary nitrogens is 1. The molecule has 0 aromatic rings. The van der Waals surface area contributed by atoms with Gasteiger partial charge in [0.1, 0.15) is 12.2 Å². The van der Waals surface area contributed by atoms with E-state index in [1.807, 2.05) is 14.1 Å². The summed E-state index contributed by atoms with van der Waals surface area (Å²) >= 11 is 0. The first-order valence-electron chi connectivity index (χ1n) is 12.3. The zero-order chi connectivity index (χ0) is 23.0. The van der Waals surface area contributed by atoms with Crippen molar-refractivity contribution in [3.8, 4) is 0 Å². The molecule has 5 nitrogen and oxygen atoms in total. The summed E-state index contributed by atoms with van der Waals surface area (Å²) in [5.74, 6) is 0.890. The van der Waals surface area contributed by atoms with Crippen molar-refractivity contribution in [1.82, 2.24) is 0 Å². The zero-order valence-corrected chi connectivity index (χ0v) is 21.0. The van der Waals surface area contributed by atoms with Crippen LogP contribution in [0.1, 0.15) is 80.1 Å². The SMILES string of the molecule is CC1(C)[C@H]2CC[C@@]1(C)[C@@H](OC(=O)C[N+](C)(C)CC(=O)O[C@@H]1C[C@@H]3CC[C@@]1(C)C3(C)C)C2. The molecule has 4 fully saturated rings. The van der Waals surface area contributed by atoms with Crippen LogP contribution in [0.3, 0.4) is 0 Å². The van der Waals surface area contributed by atoms with Crippen LogP contribution in [0.15, 0.2) is 0 Å². The van der Waals surface area contributed by atoms with E-state index in [-0.39, 0.29) is 63.4 Å². The number of likely N-dealkylation sites (N-methyl/N-ethyl adjacent to an activating group) is 1. The fourth-order valence-corrected chi connectivity index (χ4v) is 7.76. The lowest BCUT2D eigenvalue weighted by molar-refractivity contribution is -0.875. The maximum atomic E-state index is 12.8. The third kappa shape index (κ3) is 3.36. The molecule has 6 atom stereocenters. The lowest BCUT2D eigenvalue weighted by atomic mass is 9.70. The fraction of sp³-hybridized carbons (Fsp3) is 0.923. The third-order valence-corrected chi connectivity index (χ3v) is 11.1. The molecule has 176 valence electrons. The molecule has 0 aromatic heterocycles. The van der Waals surface area contributed by atoms with Crippen LogP contribution in [0, 0.1) is 33.5 Å². The van der Waals surface area contributed by atoms with Crippen LogP contribution in [-0.2, 0) is 19.1 Å². The molecule has 4 rings (SSSR count). The quantitative estimate of drug-likeness (QED) is 0.454. The number of carbonyl (C=O) groups excluding carboxylic acids is 2. The molecule has 0 radical (unpaired) electrons. The fourth-order valence-electron chi connectivity index (χ4n) is 7.76. The molecule has 0 heterocycles. The first kappa shape index (κ1) is 23.1. The highest BCUT2D eigenvalue weighted by Gasteiger charge is 2.64. The minimum atomic E-state index is -0.194. The normalized spacial score (nSPS) is 42.1. The molecule has 4 bridgehead atoms. The second-order valence-corrected chi connectivity index (χ2v) is 13.4. The second-order valence-electron chi connectivity index (χ2n) is 13.4. The van der Waals surface area contributed by atoms with Crippen molar-refractivity contribution < 1.29 is 23.5 Å². The zero-order valence-electron chi connectivity index (χ0n) is 21.0. The van der Waals surface area contributed by atoms with Crippen molar-refractivity contribution in [2.75, 3.05) is 27.2 Å². The molecule has 4 saturated carbocycles. The van der Waals surface area contributed by atoms with Gasteiger partial charge in [0.25, 0.3) is 0 Å². The van der Waals surface area contributed by atoms with Gasteiger partial charge < -0.3 is 14.0 Å². The van der Waals surface area contributed by atoms with Crippen molar-refractivity contribution in [3.63, 3.8) is 0 Å². The molecule has 0 aromatic carbocycles. The standard InChI is InChI=1S/C26H44NO4/c1-23(2)17-9-11-25(23,5)19(13-17)30-21(28)15-27(7,8)16-22(29)31-20-14-18-10-12-26(20,6)24(18,3)4/h17-20H,9-16H2,1-8H3/q+1/t17-,18-,19-,20+,25-,26+/m0/s1. The van der Waals surface area contributed by atoms with Crippen LogP contribution in [0.25, 0.3) is 0 Å². The summed E-state index contributed by atoms with van der Waals surface area (Å²) in [4.78, 5) is 25.6. The minimum Gasteiger partial charge on any atom is -0.458 e. The van der Waals surface area contributed by atoms with Gasteiger partial charge in [-0.05, 0) is 61.2 Å². The first-order valence-corrected chi connectivity index (χ1v) is 12.3. The average molecular weight is 435 g/mol. The Balaban J connectivity index is 1.30. The van der Waals surface area contributed by atoms with E-state index in [2.05, 4.69) is 41.5 Å². The summed E-state index contributed by atoms with van der Waals surface area (Å²) in [6, 6.07) is 0. The van der Waals surface area contributed by atoms with Crippen molar-refractivity contribution in [2.45, 2.75) is 92.3 Å². The summed E-state index contributed by atoms with van der Waals surface area (Å²) in [6.07, 6.45) is 6.68. The Morgan fingerprint density at radius 2 is 1.10 bits per heavy atom. The maximum Gasteiger partial charge on any atom is 0.362 e. The molecule has 0 saturated heterocycles. The topological polar surface area (TPSA) is 52.6 Å². The van der Waals surface area contributed by atoms with Crippen LogP contribution in [0.2, 0.25) is 0 Å². The average Bonchev–Trinajstić information content (AvgIpc) is 3.12. The Bertz CT molecular complexity index is 709. The van der Waals surface area contributed by atoms with Crippen LogP contribution in [0.4, 0.5) is 0 Å². The van der Waals surface area contributed by atoms with E-state index in [4.69, 9.17) is 9.47 Å². The molecule has 4 aliphatic rings. The molecule has 5 heteroatoms. The highest BCUT2D eigenvalue weighted by molar-refractivity contribution is 5.73. The Kier molecular flexibility index (Phi) is 5.17. The third-order valence-electron chi connectivity index (χ3n) is 11.1. The van der Waals surface area contributed by atoms with Gasteiger partial charge in [-0.3, -0.25) is 0 Å². The van der Waals surface area contributed by atoms with Gasteiger partial charge in [-0.25, -0.2) is 9.59 Å². The number of nitrogens with zero attached hydrogens (tertiary/aromatic N) is 1. The second kappa shape index (κ2) is 6.95. The Morgan fingerprint density at radius 1 is 0.742 bits per heavy atom. The molecule has 4 aliphatic carbocycles. The molecule has 0 aliphatic heterocycles. The lowest BCUT2D eigenvalue weighted by Crippen LogP contribution is -2.50. The van der Waals surface area contributed by atoms with Gasteiger partial charge >= 0.3 is 11.9 Å². The largest absolute Gasteiger partial charge is 0.458 e. The van der Waals surface area contributed by atoms with Crippen molar-refractivity contribution in [3.05, 3.63) is 0 Å². The monoisotopic (exact) mass is 434 g/mol. The molecule has 31 heavy (non-hydrogen) atoms. The van der Waals surface area contributed by atoms with E-state index in [1.165, 1.54) is 12.8 Å². The van der Waals surface area contributed by atoms with Crippen molar-refractivity contribution in [1.29, 1.82) is 0 Å².